The first kappa shape index (κ1) is 41.6. The molecule has 0 spiro atoms. The van der Waals surface area contributed by atoms with Gasteiger partial charge in [-0.2, -0.15) is 0 Å². The van der Waals surface area contributed by atoms with Gasteiger partial charge in [0, 0.05) is 99.6 Å². The van der Waals surface area contributed by atoms with Crippen LogP contribution in [0.2, 0.25) is 0 Å². The van der Waals surface area contributed by atoms with Gasteiger partial charge in [0.1, 0.15) is 0 Å². The molecule has 0 aliphatic carbocycles. The normalized spacial score (nSPS) is 0. The summed E-state index contributed by atoms with van der Waals surface area (Å²) in [5.41, 5.74) is 0. The average molecular weight is 320 g/mol. The van der Waals surface area contributed by atoms with E-state index in [9.17, 15) is 0 Å². The minimum atomic E-state index is 0. The molecule has 5 heteroatoms. The summed E-state index contributed by atoms with van der Waals surface area (Å²) < 4.78 is 0. The summed E-state index contributed by atoms with van der Waals surface area (Å²) >= 11 is 0. The average Bonchev–Trinajstić information content (AvgIpc) is 0. The Bertz CT molecular complexity index is 11.6. The molecular weight excluding hydrogens is 320 g/mol. The first-order chi connectivity index (χ1) is 0. The van der Waals surface area contributed by atoms with Crippen LogP contribution in [-0.4, -0.2) is 17.4 Å². The van der Waals surface area contributed by atoms with E-state index in [1.807, 2.05) is 0 Å². The van der Waals surface area contributed by atoms with Gasteiger partial charge >= 0.3 is 0 Å². The Hall–Kier alpha value is 3.19. The van der Waals surface area contributed by atoms with Crippen LogP contribution in [0.25, 0.3) is 0 Å². The summed E-state index contributed by atoms with van der Waals surface area (Å²) in [6.45, 7) is 0. The molecular formula is AlFeMoNbTi. The summed E-state index contributed by atoms with van der Waals surface area (Å²) in [6.07, 6.45) is 0. The number of hydrogen-bond acceptors (Lipinski definition) is 0. The Morgan fingerprint density at radius 1 is 1.00 bits per heavy atom. The smallest absolute Gasteiger partial charge is 0 e. The molecule has 4 radical (unpaired) electrons. The molecule has 0 aromatic rings. The topological polar surface area (TPSA) is 0 Å². The molecule has 26 valence electrons. The molecule has 0 unspecified atom stereocenters. The van der Waals surface area contributed by atoms with Gasteiger partial charge in [0.2, 0.25) is 0 Å². The maximum atomic E-state index is 0. The van der Waals surface area contributed by atoms with Crippen molar-refractivity contribution in [1.29, 1.82) is 0 Å². The molecule has 0 bridgehead atoms. The molecule has 5 heavy (non-hydrogen) atoms. The van der Waals surface area contributed by atoms with Gasteiger partial charge in [-0.1, -0.05) is 0 Å². The van der Waals surface area contributed by atoms with Gasteiger partial charge in [-0.3, -0.25) is 0 Å². The molecule has 0 atom stereocenters. The van der Waals surface area contributed by atoms with E-state index in [0.717, 1.165) is 0 Å². The molecule has 0 fully saturated rings. The van der Waals surface area contributed by atoms with Gasteiger partial charge in [0.15, 0.2) is 0 Å². The van der Waals surface area contributed by atoms with E-state index in [2.05, 4.69) is 0 Å². The summed E-state index contributed by atoms with van der Waals surface area (Å²) in [7, 11) is 0. The van der Waals surface area contributed by atoms with E-state index in [1.54, 1.807) is 0 Å². The van der Waals surface area contributed by atoms with E-state index >= 15 is 0 Å². The van der Waals surface area contributed by atoms with Gasteiger partial charge in [-0.25, -0.2) is 0 Å². The predicted molar refractivity (Wildman–Crippen MR) is 5.75 cm³/mol. The van der Waals surface area contributed by atoms with Crippen molar-refractivity contribution in [1.82, 2.24) is 0 Å². The van der Waals surface area contributed by atoms with Crippen LogP contribution in [0.5, 0.6) is 0 Å². The zero-order valence-corrected chi connectivity index (χ0v) is 10.3. The van der Waals surface area contributed by atoms with Crippen molar-refractivity contribution in [3.63, 3.8) is 0 Å². The van der Waals surface area contributed by atoms with Crippen LogP contribution >= 0.6 is 0 Å². The third-order valence-corrected chi connectivity index (χ3v) is 0. The Morgan fingerprint density at radius 3 is 1.00 bits per heavy atom. The summed E-state index contributed by atoms with van der Waals surface area (Å²) in [5.74, 6) is 0. The van der Waals surface area contributed by atoms with Crippen molar-refractivity contribution in [3.05, 3.63) is 0 Å². The van der Waals surface area contributed by atoms with Crippen LogP contribution in [0, 0.1) is 0 Å². The van der Waals surface area contributed by atoms with E-state index in [-0.39, 0.29) is 99.6 Å². The quantitative estimate of drug-likeness (QED) is 0.534. The fourth-order valence-electron chi connectivity index (χ4n) is 0. The van der Waals surface area contributed by atoms with E-state index in [1.165, 1.54) is 0 Å². The predicted octanol–water partition coefficient (Wildman–Crippen LogP) is -0.391. The number of rotatable bonds is 0. The summed E-state index contributed by atoms with van der Waals surface area (Å²) in [4.78, 5) is 0. The first-order valence-corrected chi connectivity index (χ1v) is 0. The first-order valence-electron chi connectivity index (χ1n) is 0. The Labute approximate surface area is 97.9 Å². The number of hydrogen-bond donors (Lipinski definition) is 0. The monoisotopic (exact) mass is 322 g/mol. The van der Waals surface area contributed by atoms with Gasteiger partial charge in [0.25, 0.3) is 0 Å². The second-order valence-corrected chi connectivity index (χ2v) is 0. The molecule has 0 aliphatic heterocycles. The van der Waals surface area contributed by atoms with Gasteiger partial charge in [0.05, 0.1) is 0 Å². The van der Waals surface area contributed by atoms with Gasteiger partial charge in [-0.15, -0.1) is 0 Å². The summed E-state index contributed by atoms with van der Waals surface area (Å²) in [5, 5.41) is 0. The molecule has 0 saturated carbocycles. The van der Waals surface area contributed by atoms with Crippen molar-refractivity contribution in [2.45, 2.75) is 0 Å². The van der Waals surface area contributed by atoms with Crippen LogP contribution in [0.4, 0.5) is 0 Å². The van der Waals surface area contributed by atoms with Crippen LogP contribution in [-0.2, 0) is 82.2 Å². The largest absolute Gasteiger partial charge is 0 e. The zero-order valence-electron chi connectivity index (χ0n) is 2.29. The molecule has 0 aromatic carbocycles. The molecule has 0 aromatic heterocycles. The van der Waals surface area contributed by atoms with Crippen molar-refractivity contribution >= 4 is 17.4 Å². The maximum absolute atomic E-state index is 0. The van der Waals surface area contributed by atoms with E-state index < -0.39 is 0 Å². The fraction of sp³-hybridized carbons (Fsp3) is 0. The Balaban J connectivity index is 0. The van der Waals surface area contributed by atoms with Crippen molar-refractivity contribution in [2.75, 3.05) is 0 Å². The maximum Gasteiger partial charge on any atom is 0 e. The third kappa shape index (κ3) is 19.0. The minimum absolute atomic E-state index is 0. The van der Waals surface area contributed by atoms with E-state index in [4.69, 9.17) is 0 Å². The Morgan fingerprint density at radius 2 is 1.00 bits per heavy atom. The zero-order chi connectivity index (χ0) is 0. The summed E-state index contributed by atoms with van der Waals surface area (Å²) in [6, 6.07) is 0. The minimum Gasteiger partial charge on any atom is 0 e. The van der Waals surface area contributed by atoms with Crippen molar-refractivity contribution in [3.8, 4) is 0 Å². The van der Waals surface area contributed by atoms with Gasteiger partial charge < -0.3 is 0 Å². The molecule has 0 N–H and O–H groups in total. The third-order valence-electron chi connectivity index (χ3n) is 0. The SMILES string of the molecule is [Al].[Fe].[Mo].[Nb].[Ti]. The van der Waals surface area contributed by atoms with Crippen molar-refractivity contribution < 1.29 is 82.2 Å². The van der Waals surface area contributed by atoms with Gasteiger partial charge in [-0.05, 0) is 0 Å². The van der Waals surface area contributed by atoms with Crippen LogP contribution < -0.4 is 0 Å². The van der Waals surface area contributed by atoms with E-state index in [0.29, 0.717) is 0 Å². The fourth-order valence-corrected chi connectivity index (χ4v) is 0. The molecule has 0 aliphatic rings. The second kappa shape index (κ2) is 27.1. The second-order valence-electron chi connectivity index (χ2n) is 0. The molecule has 0 amide bonds. The molecule has 0 saturated heterocycles. The standard InChI is InChI=1S/Al.Fe.Mo.Nb.Ti. The van der Waals surface area contributed by atoms with Crippen LogP contribution in [0.3, 0.4) is 0 Å². The molecule has 0 rings (SSSR count). The molecule has 0 nitrogen and oxygen atoms in total. The van der Waals surface area contributed by atoms with Crippen LogP contribution in [0.1, 0.15) is 0 Å². The van der Waals surface area contributed by atoms with Crippen LogP contribution in [0.15, 0.2) is 0 Å². The Kier molecular flexibility index (Phi) is 225. The van der Waals surface area contributed by atoms with Crippen molar-refractivity contribution in [2.24, 2.45) is 0 Å². The molecule has 0 heterocycles.